The molecule has 7 heteroatoms. The fourth-order valence-electron chi connectivity index (χ4n) is 2.94. The van der Waals surface area contributed by atoms with Crippen LogP contribution in [0, 0.1) is 11.6 Å². The standard InChI is InChI=1S/C18H16Cl2F2N2O/c1-11-18(25)24(17-5-3-13(19)8-15(17)20)7-6-23(11)10-12-2-4-14(21)9-16(12)22/h2-5,8-9,11H,6-7,10H2,1H3/t11-/m0/s1. The first kappa shape index (κ1) is 18.1. The molecule has 0 aromatic heterocycles. The third kappa shape index (κ3) is 3.78. The smallest absolute Gasteiger partial charge is 0.244 e. The van der Waals surface area contributed by atoms with E-state index in [1.54, 1.807) is 30.0 Å². The molecule has 0 bridgehead atoms. The van der Waals surface area contributed by atoms with Crippen LogP contribution in [-0.2, 0) is 11.3 Å². The lowest BCUT2D eigenvalue weighted by Gasteiger charge is -2.39. The molecular weight excluding hydrogens is 369 g/mol. The molecule has 0 saturated carbocycles. The average molecular weight is 385 g/mol. The topological polar surface area (TPSA) is 23.6 Å². The molecule has 25 heavy (non-hydrogen) atoms. The minimum Gasteiger partial charge on any atom is -0.308 e. The normalized spacial score (nSPS) is 18.7. The monoisotopic (exact) mass is 384 g/mol. The van der Waals surface area contributed by atoms with Crippen molar-refractivity contribution in [1.82, 2.24) is 4.90 Å². The number of carbonyl (C=O) groups excluding carboxylic acids is 1. The van der Waals surface area contributed by atoms with Crippen LogP contribution in [0.2, 0.25) is 10.0 Å². The maximum Gasteiger partial charge on any atom is 0.244 e. The van der Waals surface area contributed by atoms with Gasteiger partial charge in [-0.2, -0.15) is 0 Å². The third-order valence-corrected chi connectivity index (χ3v) is 4.91. The van der Waals surface area contributed by atoms with Crippen molar-refractivity contribution in [2.24, 2.45) is 0 Å². The van der Waals surface area contributed by atoms with Crippen molar-refractivity contribution >= 4 is 34.8 Å². The van der Waals surface area contributed by atoms with Gasteiger partial charge in [-0.05, 0) is 31.2 Å². The minimum atomic E-state index is -0.618. The van der Waals surface area contributed by atoms with Gasteiger partial charge in [0.05, 0.1) is 16.8 Å². The Morgan fingerprint density at radius 3 is 2.56 bits per heavy atom. The fraction of sp³-hybridized carbons (Fsp3) is 0.278. The minimum absolute atomic E-state index is 0.127. The van der Waals surface area contributed by atoms with E-state index in [0.717, 1.165) is 6.07 Å². The van der Waals surface area contributed by atoms with E-state index < -0.39 is 17.7 Å². The number of benzene rings is 2. The predicted molar refractivity (Wildman–Crippen MR) is 95.0 cm³/mol. The van der Waals surface area contributed by atoms with E-state index in [9.17, 15) is 13.6 Å². The van der Waals surface area contributed by atoms with Gasteiger partial charge in [-0.15, -0.1) is 0 Å². The number of carbonyl (C=O) groups is 1. The molecule has 2 aromatic rings. The second kappa shape index (κ2) is 7.28. The molecule has 1 fully saturated rings. The average Bonchev–Trinajstić information content (AvgIpc) is 2.55. The van der Waals surface area contributed by atoms with E-state index in [-0.39, 0.29) is 12.5 Å². The molecule has 3 nitrogen and oxygen atoms in total. The third-order valence-electron chi connectivity index (χ3n) is 4.37. The number of piperazine rings is 1. The van der Waals surface area contributed by atoms with Crippen LogP contribution in [0.15, 0.2) is 36.4 Å². The van der Waals surface area contributed by atoms with E-state index in [2.05, 4.69) is 0 Å². The summed E-state index contributed by atoms with van der Waals surface area (Å²) in [5, 5.41) is 0.908. The van der Waals surface area contributed by atoms with Crippen LogP contribution >= 0.6 is 23.2 Å². The fourth-order valence-corrected chi connectivity index (χ4v) is 3.45. The molecule has 1 heterocycles. The lowest BCUT2D eigenvalue weighted by molar-refractivity contribution is -0.125. The lowest BCUT2D eigenvalue weighted by atomic mass is 10.1. The summed E-state index contributed by atoms with van der Waals surface area (Å²) in [6.45, 7) is 2.97. The van der Waals surface area contributed by atoms with Crippen molar-refractivity contribution in [3.8, 4) is 0 Å². The summed E-state index contributed by atoms with van der Waals surface area (Å²) in [5.41, 5.74) is 0.967. The number of anilines is 1. The first-order chi connectivity index (χ1) is 11.9. The first-order valence-corrected chi connectivity index (χ1v) is 8.57. The molecule has 0 N–H and O–H groups in total. The Bertz CT molecular complexity index is 816. The van der Waals surface area contributed by atoms with E-state index in [4.69, 9.17) is 23.2 Å². The Labute approximate surface area is 154 Å². The van der Waals surface area contributed by atoms with Gasteiger partial charge < -0.3 is 4.90 Å². The van der Waals surface area contributed by atoms with Gasteiger partial charge in [0.2, 0.25) is 5.91 Å². The summed E-state index contributed by atoms with van der Waals surface area (Å²) in [7, 11) is 0. The van der Waals surface area contributed by atoms with Gasteiger partial charge in [0.1, 0.15) is 11.6 Å². The highest BCUT2D eigenvalue weighted by atomic mass is 35.5. The molecule has 1 saturated heterocycles. The highest BCUT2D eigenvalue weighted by Gasteiger charge is 2.33. The SMILES string of the molecule is C[C@H]1C(=O)N(c2ccc(Cl)cc2Cl)CCN1Cc1ccc(F)cc1F. The van der Waals surface area contributed by atoms with Crippen molar-refractivity contribution in [3.63, 3.8) is 0 Å². The highest BCUT2D eigenvalue weighted by Crippen LogP contribution is 2.31. The van der Waals surface area contributed by atoms with Crippen molar-refractivity contribution in [2.75, 3.05) is 18.0 Å². The van der Waals surface area contributed by atoms with Crippen LogP contribution < -0.4 is 4.90 Å². The molecule has 0 radical (unpaired) electrons. The second-order valence-electron chi connectivity index (χ2n) is 5.97. The molecule has 2 aromatic carbocycles. The largest absolute Gasteiger partial charge is 0.308 e. The number of nitrogens with zero attached hydrogens (tertiary/aromatic N) is 2. The molecule has 0 spiro atoms. The van der Waals surface area contributed by atoms with Crippen LogP contribution in [-0.4, -0.2) is 29.9 Å². The van der Waals surface area contributed by atoms with Crippen LogP contribution in [0.5, 0.6) is 0 Å². The van der Waals surface area contributed by atoms with Gasteiger partial charge >= 0.3 is 0 Å². The predicted octanol–water partition coefficient (Wildman–Crippen LogP) is 4.51. The van der Waals surface area contributed by atoms with E-state index in [0.29, 0.717) is 34.4 Å². The van der Waals surface area contributed by atoms with Gasteiger partial charge in [0.25, 0.3) is 0 Å². The Morgan fingerprint density at radius 1 is 1.12 bits per heavy atom. The van der Waals surface area contributed by atoms with Crippen molar-refractivity contribution in [1.29, 1.82) is 0 Å². The second-order valence-corrected chi connectivity index (χ2v) is 6.81. The van der Waals surface area contributed by atoms with Crippen LogP contribution in [0.1, 0.15) is 12.5 Å². The maximum absolute atomic E-state index is 13.9. The summed E-state index contributed by atoms with van der Waals surface area (Å²) < 4.78 is 26.9. The van der Waals surface area contributed by atoms with Crippen molar-refractivity contribution < 1.29 is 13.6 Å². The zero-order chi connectivity index (χ0) is 18.1. The van der Waals surface area contributed by atoms with Crippen molar-refractivity contribution in [2.45, 2.75) is 19.5 Å². The molecule has 1 atom stereocenters. The molecule has 1 aliphatic heterocycles. The van der Waals surface area contributed by atoms with Gasteiger partial charge in [0.15, 0.2) is 0 Å². The number of hydrogen-bond donors (Lipinski definition) is 0. The van der Waals surface area contributed by atoms with E-state index >= 15 is 0 Å². The summed E-state index contributed by atoms with van der Waals surface area (Å²) in [5.74, 6) is -1.35. The van der Waals surface area contributed by atoms with Crippen molar-refractivity contribution in [3.05, 3.63) is 63.6 Å². The zero-order valence-electron chi connectivity index (χ0n) is 13.5. The Morgan fingerprint density at radius 2 is 1.88 bits per heavy atom. The number of hydrogen-bond acceptors (Lipinski definition) is 2. The van der Waals surface area contributed by atoms with Crippen LogP contribution in [0.4, 0.5) is 14.5 Å². The lowest BCUT2D eigenvalue weighted by Crippen LogP contribution is -2.55. The Balaban J connectivity index is 1.77. The molecular formula is C18H16Cl2F2N2O. The number of halogens is 4. The number of amides is 1. The summed E-state index contributed by atoms with van der Waals surface area (Å²) in [4.78, 5) is 16.2. The summed E-state index contributed by atoms with van der Waals surface area (Å²) in [6, 6.07) is 8.01. The van der Waals surface area contributed by atoms with Gasteiger partial charge in [-0.1, -0.05) is 29.3 Å². The number of rotatable bonds is 3. The maximum atomic E-state index is 13.9. The van der Waals surface area contributed by atoms with E-state index in [1.807, 2.05) is 4.90 Å². The molecule has 0 unspecified atom stereocenters. The zero-order valence-corrected chi connectivity index (χ0v) is 15.0. The first-order valence-electron chi connectivity index (χ1n) is 7.81. The quantitative estimate of drug-likeness (QED) is 0.777. The van der Waals surface area contributed by atoms with E-state index in [1.165, 1.54) is 12.1 Å². The molecule has 3 rings (SSSR count). The van der Waals surface area contributed by atoms with Gasteiger partial charge in [-0.3, -0.25) is 9.69 Å². The molecule has 1 amide bonds. The van der Waals surface area contributed by atoms with Gasteiger partial charge in [0, 0.05) is 36.3 Å². The van der Waals surface area contributed by atoms with Crippen LogP contribution in [0.25, 0.3) is 0 Å². The van der Waals surface area contributed by atoms with Crippen LogP contribution in [0.3, 0.4) is 0 Å². The van der Waals surface area contributed by atoms with Gasteiger partial charge in [-0.25, -0.2) is 8.78 Å². The Kier molecular flexibility index (Phi) is 5.27. The summed E-state index contributed by atoms with van der Waals surface area (Å²) >= 11 is 12.1. The molecule has 0 aliphatic carbocycles. The summed E-state index contributed by atoms with van der Waals surface area (Å²) in [6.07, 6.45) is 0. The highest BCUT2D eigenvalue weighted by molar-refractivity contribution is 6.36. The molecule has 1 aliphatic rings. The molecule has 132 valence electrons. The Hall–Kier alpha value is -1.69.